The lowest BCUT2D eigenvalue weighted by Gasteiger charge is -2.17. The van der Waals surface area contributed by atoms with Crippen LogP contribution in [-0.2, 0) is 0 Å². The number of benzene rings is 1. The number of H-pyrrole nitrogens is 1. The van der Waals surface area contributed by atoms with Crippen molar-refractivity contribution >= 4 is 16.6 Å². The second-order valence-corrected chi connectivity index (χ2v) is 5.97. The summed E-state index contributed by atoms with van der Waals surface area (Å²) in [5.41, 5.74) is 3.27. The molecular weight excluding hydrogens is 288 g/mol. The number of pyridine rings is 1. The van der Waals surface area contributed by atoms with Gasteiger partial charge in [0, 0.05) is 24.5 Å². The van der Waals surface area contributed by atoms with E-state index in [0.717, 1.165) is 24.5 Å². The van der Waals surface area contributed by atoms with Gasteiger partial charge in [-0.1, -0.05) is 6.07 Å². The van der Waals surface area contributed by atoms with Crippen LogP contribution in [0.4, 0.5) is 5.69 Å². The van der Waals surface area contributed by atoms with Crippen LogP contribution in [0.5, 0.6) is 0 Å². The number of rotatable bonds is 2. The predicted octanol–water partition coefficient (Wildman–Crippen LogP) is 2.89. The molecule has 0 atom stereocenters. The minimum atomic E-state index is -0.116. The molecule has 0 radical (unpaired) electrons. The Kier molecular flexibility index (Phi) is 3.33. The van der Waals surface area contributed by atoms with Crippen molar-refractivity contribution in [1.29, 1.82) is 0 Å². The van der Waals surface area contributed by atoms with Crippen LogP contribution in [0.3, 0.4) is 0 Å². The maximum absolute atomic E-state index is 12.5. The summed E-state index contributed by atoms with van der Waals surface area (Å²) in [6.07, 6.45) is 2.43. The van der Waals surface area contributed by atoms with E-state index >= 15 is 0 Å². The lowest BCUT2D eigenvalue weighted by molar-refractivity contribution is 0.949. The van der Waals surface area contributed by atoms with Crippen LogP contribution in [0.15, 0.2) is 41.2 Å². The van der Waals surface area contributed by atoms with Gasteiger partial charge in [-0.3, -0.25) is 4.79 Å². The molecule has 1 N–H and O–H groups in total. The molecule has 1 aliphatic rings. The molecule has 4 rings (SSSR count). The summed E-state index contributed by atoms with van der Waals surface area (Å²) in [7, 11) is 0. The fourth-order valence-electron chi connectivity index (χ4n) is 3.09. The number of fused-ring (bicyclic) bond motifs is 1. The van der Waals surface area contributed by atoms with Crippen LogP contribution in [0.1, 0.15) is 18.5 Å². The van der Waals surface area contributed by atoms with Gasteiger partial charge in [0.2, 0.25) is 0 Å². The quantitative estimate of drug-likeness (QED) is 0.791. The zero-order valence-electron chi connectivity index (χ0n) is 13.0. The van der Waals surface area contributed by atoms with Gasteiger partial charge in [0.05, 0.1) is 10.9 Å². The van der Waals surface area contributed by atoms with Gasteiger partial charge in [-0.15, -0.1) is 0 Å². The third-order valence-electron chi connectivity index (χ3n) is 4.29. The van der Waals surface area contributed by atoms with Crippen molar-refractivity contribution in [3.8, 4) is 11.5 Å². The summed E-state index contributed by atoms with van der Waals surface area (Å²) in [6.45, 7) is 4.04. The lowest BCUT2D eigenvalue weighted by Crippen LogP contribution is -2.18. The average molecular weight is 306 g/mol. The first-order valence-corrected chi connectivity index (χ1v) is 7.94. The summed E-state index contributed by atoms with van der Waals surface area (Å²) >= 11 is 0. The van der Waals surface area contributed by atoms with Crippen LogP contribution < -0.4 is 10.5 Å². The molecule has 0 unspecified atom stereocenters. The van der Waals surface area contributed by atoms with Gasteiger partial charge in [-0.2, -0.15) is 0 Å². The van der Waals surface area contributed by atoms with E-state index in [1.54, 1.807) is 0 Å². The monoisotopic (exact) mass is 306 g/mol. The lowest BCUT2D eigenvalue weighted by atomic mass is 10.2. The molecule has 5 nitrogen and oxygen atoms in total. The Bertz CT molecular complexity index is 926. The molecule has 3 heterocycles. The number of anilines is 1. The van der Waals surface area contributed by atoms with Gasteiger partial charge >= 0.3 is 0 Å². The normalized spacial score (nSPS) is 14.6. The Labute approximate surface area is 134 Å². The Balaban J connectivity index is 1.82. The summed E-state index contributed by atoms with van der Waals surface area (Å²) in [5.74, 6) is 0.514. The first-order chi connectivity index (χ1) is 11.2. The number of nitrogens with one attached hydrogen (secondary N) is 1. The molecule has 116 valence electrons. The van der Waals surface area contributed by atoms with Gasteiger partial charge in [0.25, 0.3) is 5.56 Å². The highest BCUT2D eigenvalue weighted by Gasteiger charge is 2.14. The van der Waals surface area contributed by atoms with Crippen molar-refractivity contribution in [2.24, 2.45) is 0 Å². The summed E-state index contributed by atoms with van der Waals surface area (Å²) in [6, 6.07) is 11.6. The third-order valence-corrected chi connectivity index (χ3v) is 4.29. The van der Waals surface area contributed by atoms with Gasteiger partial charge in [0.15, 0.2) is 5.82 Å². The van der Waals surface area contributed by atoms with Crippen LogP contribution in [0, 0.1) is 6.92 Å². The number of hydrogen-bond acceptors (Lipinski definition) is 4. The maximum atomic E-state index is 12.5. The predicted molar refractivity (Wildman–Crippen MR) is 91.8 cm³/mol. The van der Waals surface area contributed by atoms with Gasteiger partial charge in [0.1, 0.15) is 5.69 Å². The minimum absolute atomic E-state index is 0.116. The molecule has 0 spiro atoms. The SMILES string of the molecule is Cc1cccc(-c2nc3ccc(N4CCCC4)cc3c(=O)[nH]2)n1. The Morgan fingerprint density at radius 1 is 1.09 bits per heavy atom. The van der Waals surface area contributed by atoms with E-state index in [9.17, 15) is 4.79 Å². The van der Waals surface area contributed by atoms with Crippen molar-refractivity contribution in [3.05, 3.63) is 52.4 Å². The molecular formula is C18H18N4O. The van der Waals surface area contributed by atoms with Gasteiger partial charge < -0.3 is 9.88 Å². The fourth-order valence-corrected chi connectivity index (χ4v) is 3.09. The fraction of sp³-hybridized carbons (Fsp3) is 0.278. The zero-order valence-corrected chi connectivity index (χ0v) is 13.0. The summed E-state index contributed by atoms with van der Waals surface area (Å²) < 4.78 is 0. The molecule has 1 fully saturated rings. The number of aromatic nitrogens is 3. The minimum Gasteiger partial charge on any atom is -0.372 e. The number of aryl methyl sites for hydroxylation is 1. The highest BCUT2D eigenvalue weighted by atomic mass is 16.1. The van der Waals surface area contributed by atoms with Gasteiger partial charge in [-0.25, -0.2) is 9.97 Å². The smallest absolute Gasteiger partial charge is 0.259 e. The first-order valence-electron chi connectivity index (χ1n) is 7.94. The van der Waals surface area contributed by atoms with E-state index in [0.29, 0.717) is 22.4 Å². The second-order valence-electron chi connectivity index (χ2n) is 5.97. The van der Waals surface area contributed by atoms with Gasteiger partial charge in [-0.05, 0) is 50.1 Å². The molecule has 1 aliphatic heterocycles. The van der Waals surface area contributed by atoms with E-state index in [-0.39, 0.29) is 5.56 Å². The van der Waals surface area contributed by atoms with Crippen LogP contribution >= 0.6 is 0 Å². The molecule has 3 aromatic rings. The van der Waals surface area contributed by atoms with E-state index in [1.165, 1.54) is 12.8 Å². The topological polar surface area (TPSA) is 61.9 Å². The van der Waals surface area contributed by atoms with Crippen LogP contribution in [0.2, 0.25) is 0 Å². The van der Waals surface area contributed by atoms with Crippen molar-refractivity contribution in [2.45, 2.75) is 19.8 Å². The third kappa shape index (κ3) is 2.59. The Morgan fingerprint density at radius 2 is 1.91 bits per heavy atom. The number of hydrogen-bond donors (Lipinski definition) is 1. The maximum Gasteiger partial charge on any atom is 0.259 e. The van der Waals surface area contributed by atoms with E-state index in [4.69, 9.17) is 0 Å². The zero-order chi connectivity index (χ0) is 15.8. The molecule has 1 aromatic carbocycles. The van der Waals surface area contributed by atoms with E-state index in [2.05, 4.69) is 19.9 Å². The largest absolute Gasteiger partial charge is 0.372 e. The molecule has 0 bridgehead atoms. The highest BCUT2D eigenvalue weighted by Crippen LogP contribution is 2.23. The first kappa shape index (κ1) is 13.9. The second kappa shape index (κ2) is 5.50. The van der Waals surface area contributed by atoms with Crippen LogP contribution in [-0.4, -0.2) is 28.0 Å². The molecule has 1 saturated heterocycles. The average Bonchev–Trinajstić information content (AvgIpc) is 3.09. The Morgan fingerprint density at radius 3 is 2.70 bits per heavy atom. The van der Waals surface area contributed by atoms with Crippen molar-refractivity contribution in [2.75, 3.05) is 18.0 Å². The molecule has 23 heavy (non-hydrogen) atoms. The number of aromatic amines is 1. The van der Waals surface area contributed by atoms with Crippen molar-refractivity contribution in [3.63, 3.8) is 0 Å². The molecule has 0 amide bonds. The standard InChI is InChI=1S/C18H18N4O/c1-12-5-4-6-16(19-12)17-20-15-8-7-13(22-9-2-3-10-22)11-14(15)18(23)21-17/h4-8,11H,2-3,9-10H2,1H3,(H,20,21,23). The number of nitrogens with zero attached hydrogens (tertiary/aromatic N) is 3. The summed E-state index contributed by atoms with van der Waals surface area (Å²) in [5, 5.41) is 0.630. The van der Waals surface area contributed by atoms with Crippen molar-refractivity contribution < 1.29 is 0 Å². The molecule has 2 aromatic heterocycles. The Hall–Kier alpha value is -2.69. The molecule has 5 heteroatoms. The highest BCUT2D eigenvalue weighted by molar-refractivity contribution is 5.83. The molecule has 0 aliphatic carbocycles. The van der Waals surface area contributed by atoms with E-state index < -0.39 is 0 Å². The van der Waals surface area contributed by atoms with E-state index in [1.807, 2.05) is 43.3 Å². The van der Waals surface area contributed by atoms with Crippen molar-refractivity contribution in [1.82, 2.24) is 15.0 Å². The molecule has 0 saturated carbocycles. The summed E-state index contributed by atoms with van der Waals surface area (Å²) in [4.78, 5) is 26.7. The van der Waals surface area contributed by atoms with Crippen LogP contribution in [0.25, 0.3) is 22.4 Å².